The minimum atomic E-state index is 0.603. The summed E-state index contributed by atoms with van der Waals surface area (Å²) in [5.41, 5.74) is 2.51. The maximum Gasteiger partial charge on any atom is 0.223 e. The van der Waals surface area contributed by atoms with E-state index in [-0.39, 0.29) is 0 Å². The number of rotatable bonds is 6. The molecule has 0 atom stereocenters. The van der Waals surface area contributed by atoms with Crippen molar-refractivity contribution in [2.45, 2.75) is 33.4 Å². The quantitative estimate of drug-likeness (QED) is 0.707. The van der Waals surface area contributed by atoms with E-state index in [2.05, 4.69) is 57.4 Å². The molecule has 1 aromatic carbocycles. The van der Waals surface area contributed by atoms with Crippen LogP contribution in [0.1, 0.15) is 30.6 Å². The van der Waals surface area contributed by atoms with E-state index in [0.717, 1.165) is 19.5 Å². The first kappa shape index (κ1) is 13.8. The molecular formula is C16H20N4O. The minimum Gasteiger partial charge on any atom is -0.340 e. The molecule has 110 valence electrons. The van der Waals surface area contributed by atoms with E-state index >= 15 is 0 Å². The number of nitrogens with zero attached hydrogens (tertiary/aromatic N) is 3. The van der Waals surface area contributed by atoms with Crippen molar-refractivity contribution in [3.05, 3.63) is 47.7 Å². The predicted octanol–water partition coefficient (Wildman–Crippen LogP) is 2.88. The van der Waals surface area contributed by atoms with Crippen LogP contribution in [0.5, 0.6) is 0 Å². The van der Waals surface area contributed by atoms with Gasteiger partial charge in [0, 0.05) is 30.6 Å². The Morgan fingerprint density at radius 2 is 2.14 bits per heavy atom. The highest BCUT2D eigenvalue weighted by molar-refractivity contribution is 5.84. The van der Waals surface area contributed by atoms with Gasteiger partial charge < -0.3 is 14.4 Å². The Labute approximate surface area is 124 Å². The zero-order valence-electron chi connectivity index (χ0n) is 12.5. The number of para-hydroxylation sites is 1. The summed E-state index contributed by atoms with van der Waals surface area (Å²) >= 11 is 0. The lowest BCUT2D eigenvalue weighted by molar-refractivity contribution is 0.386. The summed E-state index contributed by atoms with van der Waals surface area (Å²) in [6.07, 6.45) is 3.32. The third-order valence-electron chi connectivity index (χ3n) is 3.49. The van der Waals surface area contributed by atoms with Gasteiger partial charge in [0.1, 0.15) is 0 Å². The van der Waals surface area contributed by atoms with Crippen LogP contribution in [-0.2, 0) is 13.1 Å². The van der Waals surface area contributed by atoms with Gasteiger partial charge in [-0.05, 0) is 24.6 Å². The van der Waals surface area contributed by atoms with Gasteiger partial charge in [-0.2, -0.15) is 4.98 Å². The molecule has 3 aromatic rings. The summed E-state index contributed by atoms with van der Waals surface area (Å²) in [5.74, 6) is 1.31. The average molecular weight is 284 g/mol. The molecular weight excluding hydrogens is 264 g/mol. The van der Waals surface area contributed by atoms with Gasteiger partial charge in [-0.1, -0.05) is 30.3 Å². The number of fused-ring (bicyclic) bond motifs is 1. The maximum atomic E-state index is 5.05. The first-order valence-corrected chi connectivity index (χ1v) is 7.34. The summed E-state index contributed by atoms with van der Waals surface area (Å²) in [4.78, 5) is 4.28. The van der Waals surface area contributed by atoms with Crippen LogP contribution < -0.4 is 5.32 Å². The molecule has 0 aliphatic carbocycles. The van der Waals surface area contributed by atoms with Crippen LogP contribution in [-0.4, -0.2) is 21.3 Å². The number of hydrogen-bond donors (Lipinski definition) is 1. The topological polar surface area (TPSA) is 55.9 Å². The van der Waals surface area contributed by atoms with Crippen molar-refractivity contribution in [2.75, 3.05) is 6.54 Å². The van der Waals surface area contributed by atoms with Crippen LogP contribution in [0.2, 0.25) is 0 Å². The second-order valence-corrected chi connectivity index (χ2v) is 5.21. The molecule has 0 spiro atoms. The average Bonchev–Trinajstić information content (AvgIpc) is 3.05. The molecule has 0 aliphatic heterocycles. The van der Waals surface area contributed by atoms with Gasteiger partial charge in [-0.3, -0.25) is 0 Å². The minimum absolute atomic E-state index is 0.603. The van der Waals surface area contributed by atoms with Crippen LogP contribution in [0, 0.1) is 6.92 Å². The van der Waals surface area contributed by atoms with Gasteiger partial charge in [0.2, 0.25) is 5.89 Å². The van der Waals surface area contributed by atoms with E-state index < -0.39 is 0 Å². The molecule has 21 heavy (non-hydrogen) atoms. The van der Waals surface area contributed by atoms with Crippen molar-refractivity contribution in [2.24, 2.45) is 0 Å². The van der Waals surface area contributed by atoms with Crippen LogP contribution in [0.25, 0.3) is 10.9 Å². The zero-order valence-corrected chi connectivity index (χ0v) is 12.5. The highest BCUT2D eigenvalue weighted by atomic mass is 16.5. The van der Waals surface area contributed by atoms with Crippen molar-refractivity contribution in [3.8, 4) is 0 Å². The fourth-order valence-electron chi connectivity index (χ4n) is 2.55. The molecule has 0 fully saturated rings. The Bertz CT molecular complexity index is 729. The standard InChI is InChI=1S/C16H20N4O/c1-3-8-17-9-13-10-20(11-16-18-12(2)21-19-16)15-7-5-4-6-14(13)15/h4-7,10,17H,3,8-9,11H2,1-2H3. The normalized spacial score (nSPS) is 11.3. The molecule has 1 N–H and O–H groups in total. The summed E-state index contributed by atoms with van der Waals surface area (Å²) in [5, 5.41) is 8.72. The number of benzene rings is 1. The van der Waals surface area contributed by atoms with Gasteiger partial charge in [0.15, 0.2) is 5.82 Å². The van der Waals surface area contributed by atoms with Gasteiger partial charge in [-0.25, -0.2) is 0 Å². The number of nitrogens with one attached hydrogen (secondary N) is 1. The van der Waals surface area contributed by atoms with Crippen LogP contribution in [0.4, 0.5) is 0 Å². The van der Waals surface area contributed by atoms with Crippen molar-refractivity contribution in [1.29, 1.82) is 0 Å². The SMILES string of the molecule is CCCNCc1cn(Cc2noc(C)n2)c2ccccc12. The maximum absolute atomic E-state index is 5.05. The molecule has 5 nitrogen and oxygen atoms in total. The molecule has 0 bridgehead atoms. The smallest absolute Gasteiger partial charge is 0.223 e. The first-order valence-electron chi connectivity index (χ1n) is 7.34. The van der Waals surface area contributed by atoms with E-state index in [9.17, 15) is 0 Å². The van der Waals surface area contributed by atoms with E-state index in [0.29, 0.717) is 18.3 Å². The lowest BCUT2D eigenvalue weighted by Gasteiger charge is -2.00. The molecule has 3 rings (SSSR count). The molecule has 0 saturated carbocycles. The third kappa shape index (κ3) is 2.97. The molecule has 0 saturated heterocycles. The summed E-state index contributed by atoms with van der Waals surface area (Å²) in [6.45, 7) is 6.53. The summed E-state index contributed by atoms with van der Waals surface area (Å²) in [6, 6.07) is 8.43. The largest absolute Gasteiger partial charge is 0.340 e. The molecule has 0 aliphatic rings. The molecule has 0 radical (unpaired) electrons. The Balaban J connectivity index is 1.90. The van der Waals surface area contributed by atoms with Gasteiger partial charge >= 0.3 is 0 Å². The monoisotopic (exact) mass is 284 g/mol. The lowest BCUT2D eigenvalue weighted by Crippen LogP contribution is -2.13. The third-order valence-corrected chi connectivity index (χ3v) is 3.49. The zero-order chi connectivity index (χ0) is 14.7. The second-order valence-electron chi connectivity index (χ2n) is 5.21. The van der Waals surface area contributed by atoms with Crippen molar-refractivity contribution in [1.82, 2.24) is 20.0 Å². The molecule has 0 amide bonds. The molecule has 5 heteroatoms. The Morgan fingerprint density at radius 3 is 2.90 bits per heavy atom. The summed E-state index contributed by atoms with van der Waals surface area (Å²) < 4.78 is 7.23. The van der Waals surface area contributed by atoms with Gasteiger partial charge in [0.05, 0.1) is 6.54 Å². The van der Waals surface area contributed by atoms with Gasteiger partial charge in [-0.15, -0.1) is 0 Å². The Kier molecular flexibility index (Phi) is 4.01. The van der Waals surface area contributed by atoms with E-state index in [1.54, 1.807) is 0 Å². The van der Waals surface area contributed by atoms with E-state index in [1.165, 1.54) is 16.5 Å². The highest BCUT2D eigenvalue weighted by Crippen LogP contribution is 2.22. The molecule has 2 aromatic heterocycles. The van der Waals surface area contributed by atoms with Crippen LogP contribution in [0.15, 0.2) is 35.0 Å². The predicted molar refractivity (Wildman–Crippen MR) is 82.1 cm³/mol. The summed E-state index contributed by atoms with van der Waals surface area (Å²) in [7, 11) is 0. The molecule has 0 unspecified atom stereocenters. The van der Waals surface area contributed by atoms with Crippen molar-refractivity contribution < 1.29 is 4.52 Å². The van der Waals surface area contributed by atoms with Crippen LogP contribution >= 0.6 is 0 Å². The Morgan fingerprint density at radius 1 is 1.29 bits per heavy atom. The fraction of sp³-hybridized carbons (Fsp3) is 0.375. The Hall–Kier alpha value is -2.14. The lowest BCUT2D eigenvalue weighted by atomic mass is 10.2. The highest BCUT2D eigenvalue weighted by Gasteiger charge is 2.10. The first-order chi connectivity index (χ1) is 10.3. The van der Waals surface area contributed by atoms with Crippen molar-refractivity contribution >= 4 is 10.9 Å². The number of aromatic nitrogens is 3. The number of aryl methyl sites for hydroxylation is 1. The second kappa shape index (κ2) is 6.10. The van der Waals surface area contributed by atoms with Crippen molar-refractivity contribution in [3.63, 3.8) is 0 Å². The number of hydrogen-bond acceptors (Lipinski definition) is 4. The fourth-order valence-corrected chi connectivity index (χ4v) is 2.55. The van der Waals surface area contributed by atoms with E-state index in [1.807, 2.05) is 6.92 Å². The van der Waals surface area contributed by atoms with Gasteiger partial charge in [0.25, 0.3) is 0 Å². The van der Waals surface area contributed by atoms with E-state index in [4.69, 9.17) is 4.52 Å². The van der Waals surface area contributed by atoms with Crippen LogP contribution in [0.3, 0.4) is 0 Å². The molecule has 2 heterocycles.